The fraction of sp³-hybridized carbons (Fsp3) is 0.300. The number of fused-ring (bicyclic) bond motifs is 2. The summed E-state index contributed by atoms with van der Waals surface area (Å²) in [5.74, 6) is -3.77. The van der Waals surface area contributed by atoms with E-state index in [1.165, 1.54) is 0 Å². The highest BCUT2D eigenvalue weighted by Crippen LogP contribution is 2.30. The van der Waals surface area contributed by atoms with Gasteiger partial charge in [-0.2, -0.15) is 17.8 Å². The van der Waals surface area contributed by atoms with E-state index in [1.807, 2.05) is 0 Å². The second kappa shape index (κ2) is 4.40. The Morgan fingerprint density at radius 3 is 2.62 bits per heavy atom. The van der Waals surface area contributed by atoms with Gasteiger partial charge in [0.05, 0.1) is 6.42 Å². The van der Waals surface area contributed by atoms with Crippen LogP contribution < -0.4 is 0 Å². The van der Waals surface area contributed by atoms with Gasteiger partial charge in [-0.3, -0.25) is 0 Å². The zero-order valence-electron chi connectivity index (χ0n) is 9.99. The Morgan fingerprint density at radius 2 is 1.90 bits per heavy atom. The van der Waals surface area contributed by atoms with Gasteiger partial charge in [0.1, 0.15) is 0 Å². The first-order valence-electron chi connectivity index (χ1n) is 5.55. The van der Waals surface area contributed by atoms with Crippen LogP contribution in [0.15, 0.2) is 17.3 Å². The fourth-order valence-electron chi connectivity index (χ4n) is 1.77. The summed E-state index contributed by atoms with van der Waals surface area (Å²) < 4.78 is 48.2. The maximum Gasteiger partial charge on any atom is 0.453 e. The van der Waals surface area contributed by atoms with E-state index in [-0.39, 0.29) is 12.2 Å². The lowest BCUT2D eigenvalue weighted by Crippen LogP contribution is -2.38. The van der Waals surface area contributed by atoms with Crippen molar-refractivity contribution in [3.63, 3.8) is 0 Å². The third-order valence-electron chi connectivity index (χ3n) is 2.62. The number of ether oxygens (including phenoxy) is 2. The van der Waals surface area contributed by atoms with Crippen LogP contribution in [0.25, 0.3) is 0 Å². The van der Waals surface area contributed by atoms with Gasteiger partial charge in [0.2, 0.25) is 0 Å². The van der Waals surface area contributed by atoms with Crippen LogP contribution in [0.4, 0.5) is 13.2 Å². The molecule has 0 spiro atoms. The molecule has 1 aromatic rings. The monoisotopic (exact) mass is 302 g/mol. The van der Waals surface area contributed by atoms with Crippen LogP contribution >= 0.6 is 0 Å². The molecule has 0 fully saturated rings. The van der Waals surface area contributed by atoms with E-state index in [9.17, 15) is 22.8 Å². The molecule has 0 N–H and O–H groups in total. The van der Waals surface area contributed by atoms with Crippen LogP contribution in [0.2, 0.25) is 0 Å². The van der Waals surface area contributed by atoms with Gasteiger partial charge in [0.25, 0.3) is 11.7 Å². The third-order valence-corrected chi connectivity index (χ3v) is 2.62. The summed E-state index contributed by atoms with van der Waals surface area (Å²) in [4.78, 5) is 22.6. The van der Waals surface area contributed by atoms with Crippen molar-refractivity contribution >= 4 is 17.8 Å². The van der Waals surface area contributed by atoms with Gasteiger partial charge in [-0.25, -0.2) is 9.59 Å². The lowest BCUT2D eigenvalue weighted by atomic mass is 10.2. The average Bonchev–Trinajstić information content (AvgIpc) is 2.77. The molecule has 0 aromatic carbocycles. The standard InChI is InChI=1S/C10H5F3N4O4/c11-10(12,13)9-15-14-5-3-4-8(16-17(5)9)21-7(19)2-1-6(18)20-4/h1-2,4H,3H2/b2-1+. The topological polar surface area (TPSA) is 95.7 Å². The highest BCUT2D eigenvalue weighted by molar-refractivity contribution is 6.02. The lowest BCUT2D eigenvalue weighted by molar-refractivity contribution is -0.148. The molecular weight excluding hydrogens is 297 g/mol. The van der Waals surface area contributed by atoms with E-state index in [0.717, 1.165) is 12.2 Å². The first kappa shape index (κ1) is 13.3. The number of aromatic nitrogens is 3. The summed E-state index contributed by atoms with van der Waals surface area (Å²) in [6.07, 6.45) is -4.52. The molecule has 1 atom stereocenters. The number of alkyl halides is 3. The molecule has 0 radical (unpaired) electrons. The highest BCUT2D eigenvalue weighted by atomic mass is 19.4. The van der Waals surface area contributed by atoms with Gasteiger partial charge >= 0.3 is 18.1 Å². The fourth-order valence-corrected chi connectivity index (χ4v) is 1.77. The molecule has 1 unspecified atom stereocenters. The predicted molar refractivity (Wildman–Crippen MR) is 56.7 cm³/mol. The summed E-state index contributed by atoms with van der Waals surface area (Å²) in [5.41, 5.74) is 0. The summed E-state index contributed by atoms with van der Waals surface area (Å²) in [7, 11) is 0. The maximum atomic E-state index is 12.7. The molecule has 1 aromatic heterocycles. The van der Waals surface area contributed by atoms with E-state index in [4.69, 9.17) is 9.47 Å². The number of carbonyl (C=O) groups is 2. The zero-order valence-corrected chi connectivity index (χ0v) is 9.99. The molecule has 0 amide bonds. The number of rotatable bonds is 0. The molecule has 8 nitrogen and oxygen atoms in total. The van der Waals surface area contributed by atoms with Crippen molar-refractivity contribution in [3.8, 4) is 0 Å². The molecule has 0 bridgehead atoms. The van der Waals surface area contributed by atoms with Gasteiger partial charge in [-0.1, -0.05) is 0 Å². The van der Waals surface area contributed by atoms with E-state index >= 15 is 0 Å². The quantitative estimate of drug-likeness (QED) is 0.628. The Labute approximate surface area is 113 Å². The van der Waals surface area contributed by atoms with Crippen LogP contribution in [0, 0.1) is 0 Å². The molecule has 2 aliphatic heterocycles. The number of nitrogens with zero attached hydrogens (tertiary/aromatic N) is 4. The van der Waals surface area contributed by atoms with E-state index < -0.39 is 35.9 Å². The minimum atomic E-state index is -4.77. The van der Waals surface area contributed by atoms with Gasteiger partial charge in [0, 0.05) is 12.2 Å². The van der Waals surface area contributed by atoms with Crippen LogP contribution in [-0.2, 0) is 31.7 Å². The van der Waals surface area contributed by atoms with Gasteiger partial charge in [-0.05, 0) is 0 Å². The van der Waals surface area contributed by atoms with Crippen molar-refractivity contribution in [1.82, 2.24) is 14.9 Å². The Morgan fingerprint density at radius 1 is 1.19 bits per heavy atom. The molecular formula is C10H5F3N4O4. The second-order valence-corrected chi connectivity index (χ2v) is 4.07. The Bertz CT molecular complexity index is 691. The lowest BCUT2D eigenvalue weighted by Gasteiger charge is -2.23. The average molecular weight is 302 g/mol. The van der Waals surface area contributed by atoms with Crippen molar-refractivity contribution in [2.45, 2.75) is 18.7 Å². The van der Waals surface area contributed by atoms with Gasteiger partial charge < -0.3 is 9.47 Å². The molecule has 3 rings (SSSR count). The Kier molecular flexibility index (Phi) is 2.78. The first-order chi connectivity index (χ1) is 9.84. The minimum absolute atomic E-state index is 0.163. The summed E-state index contributed by atoms with van der Waals surface area (Å²) in [6.45, 7) is 0. The summed E-state index contributed by atoms with van der Waals surface area (Å²) in [5, 5.41) is 9.86. The van der Waals surface area contributed by atoms with Gasteiger partial charge in [0.15, 0.2) is 11.9 Å². The number of halogens is 3. The van der Waals surface area contributed by atoms with Crippen LogP contribution in [0.3, 0.4) is 0 Å². The van der Waals surface area contributed by atoms with E-state index in [0.29, 0.717) is 4.68 Å². The van der Waals surface area contributed by atoms with Crippen LogP contribution in [0.5, 0.6) is 0 Å². The second-order valence-electron chi connectivity index (χ2n) is 4.07. The zero-order chi connectivity index (χ0) is 15.2. The summed E-state index contributed by atoms with van der Waals surface area (Å²) in [6, 6.07) is 0. The molecule has 2 aliphatic rings. The molecule has 11 heteroatoms. The van der Waals surface area contributed by atoms with Crippen LogP contribution in [0.1, 0.15) is 11.6 Å². The molecule has 110 valence electrons. The smallest absolute Gasteiger partial charge is 0.449 e. The molecule has 0 saturated carbocycles. The van der Waals surface area contributed by atoms with Crippen molar-refractivity contribution in [2.24, 2.45) is 5.10 Å². The minimum Gasteiger partial charge on any atom is -0.449 e. The summed E-state index contributed by atoms with van der Waals surface area (Å²) >= 11 is 0. The normalized spacial score (nSPS) is 23.0. The Hall–Kier alpha value is -2.72. The number of carbonyl (C=O) groups excluding carboxylic acids is 2. The van der Waals surface area contributed by atoms with Crippen molar-refractivity contribution in [3.05, 3.63) is 23.8 Å². The van der Waals surface area contributed by atoms with Crippen molar-refractivity contribution in [1.29, 1.82) is 0 Å². The van der Waals surface area contributed by atoms with Crippen molar-refractivity contribution in [2.75, 3.05) is 0 Å². The highest BCUT2D eigenvalue weighted by Gasteiger charge is 2.42. The SMILES string of the molecule is O=C1/C=C/C(=O)OC2Cc3nnc(C(F)(F)F)n3N=C2O1. The molecule has 3 heterocycles. The van der Waals surface area contributed by atoms with E-state index in [1.54, 1.807) is 0 Å². The molecule has 21 heavy (non-hydrogen) atoms. The Balaban J connectivity index is 2.05. The third kappa shape index (κ3) is 2.37. The van der Waals surface area contributed by atoms with Gasteiger partial charge in [-0.15, -0.1) is 15.3 Å². The number of hydrogen-bond acceptors (Lipinski definition) is 7. The van der Waals surface area contributed by atoms with E-state index in [2.05, 4.69) is 15.3 Å². The number of esters is 2. The van der Waals surface area contributed by atoms with Crippen molar-refractivity contribution < 1.29 is 32.2 Å². The van der Waals surface area contributed by atoms with Crippen LogP contribution in [-0.4, -0.2) is 38.8 Å². The maximum absolute atomic E-state index is 12.7. The largest absolute Gasteiger partial charge is 0.453 e. The molecule has 0 saturated heterocycles. The number of hydrogen-bond donors (Lipinski definition) is 0. The predicted octanol–water partition coefficient (Wildman–Crippen LogP) is 0.0394. The first-order valence-corrected chi connectivity index (χ1v) is 5.55. The molecule has 0 aliphatic carbocycles.